The third-order valence-electron chi connectivity index (χ3n) is 3.80. The Kier molecular flexibility index (Phi) is 6.32. The van der Waals surface area contributed by atoms with E-state index in [1.165, 1.54) is 25.7 Å². The van der Waals surface area contributed by atoms with Gasteiger partial charge < -0.3 is 15.6 Å². The normalized spacial score (nSPS) is 21.2. The summed E-state index contributed by atoms with van der Waals surface area (Å²) >= 11 is 0. The van der Waals surface area contributed by atoms with Crippen LogP contribution >= 0.6 is 0 Å². The Labute approximate surface area is 99.4 Å². The number of aliphatic hydroxyl groups is 1. The first kappa shape index (κ1) is 13.9. The molecule has 0 aromatic carbocycles. The van der Waals surface area contributed by atoms with Crippen molar-refractivity contribution in [1.82, 2.24) is 0 Å². The Hall–Kier alpha value is -0.120. The molecule has 0 aromatic rings. The lowest BCUT2D eigenvalue weighted by Crippen LogP contribution is -2.37. The van der Waals surface area contributed by atoms with Gasteiger partial charge in [0.05, 0.1) is 5.60 Å². The summed E-state index contributed by atoms with van der Waals surface area (Å²) in [7, 11) is 0. The van der Waals surface area contributed by atoms with Crippen LogP contribution in [0.3, 0.4) is 0 Å². The van der Waals surface area contributed by atoms with E-state index in [2.05, 4.69) is 0 Å². The first-order valence-corrected chi connectivity index (χ1v) is 6.70. The van der Waals surface area contributed by atoms with Crippen LogP contribution in [0.25, 0.3) is 0 Å². The van der Waals surface area contributed by atoms with Crippen LogP contribution in [0, 0.1) is 5.92 Å². The average Bonchev–Trinajstić information content (AvgIpc) is 2.81. The van der Waals surface area contributed by atoms with E-state index in [1.54, 1.807) is 0 Å². The standard InChI is InChI=1S/C13H27NO2/c1-2-13(15,11-14)8-5-9-16-10-12-6-3-4-7-12/h12,15H,2-11,14H2,1H3. The van der Waals surface area contributed by atoms with Gasteiger partial charge in [-0.25, -0.2) is 0 Å². The van der Waals surface area contributed by atoms with Crippen molar-refractivity contribution in [2.75, 3.05) is 19.8 Å². The Bertz CT molecular complexity index is 175. The zero-order valence-corrected chi connectivity index (χ0v) is 10.6. The predicted octanol–water partition coefficient (Wildman–Crippen LogP) is 2.07. The molecular formula is C13H27NO2. The summed E-state index contributed by atoms with van der Waals surface area (Å²) in [6.45, 7) is 4.00. The highest BCUT2D eigenvalue weighted by Gasteiger charge is 2.21. The van der Waals surface area contributed by atoms with Gasteiger partial charge in [0.25, 0.3) is 0 Å². The Morgan fingerprint density at radius 1 is 1.38 bits per heavy atom. The van der Waals surface area contributed by atoms with Gasteiger partial charge in [0.15, 0.2) is 0 Å². The summed E-state index contributed by atoms with van der Waals surface area (Å²) in [5.41, 5.74) is 4.87. The first-order chi connectivity index (χ1) is 7.70. The summed E-state index contributed by atoms with van der Waals surface area (Å²) in [5, 5.41) is 9.96. The minimum Gasteiger partial charge on any atom is -0.389 e. The summed E-state index contributed by atoms with van der Waals surface area (Å²) in [4.78, 5) is 0. The van der Waals surface area contributed by atoms with Crippen LogP contribution in [-0.4, -0.2) is 30.5 Å². The summed E-state index contributed by atoms with van der Waals surface area (Å²) in [5.74, 6) is 0.791. The molecule has 1 unspecified atom stereocenters. The first-order valence-electron chi connectivity index (χ1n) is 6.70. The molecule has 0 amide bonds. The molecule has 1 aliphatic carbocycles. The fourth-order valence-corrected chi connectivity index (χ4v) is 2.35. The number of hydrogen-bond donors (Lipinski definition) is 2. The lowest BCUT2D eigenvalue weighted by molar-refractivity contribution is 0.0205. The van der Waals surface area contributed by atoms with Gasteiger partial charge in [-0.2, -0.15) is 0 Å². The van der Waals surface area contributed by atoms with Crippen LogP contribution in [0.4, 0.5) is 0 Å². The van der Waals surface area contributed by atoms with E-state index in [4.69, 9.17) is 10.5 Å². The van der Waals surface area contributed by atoms with Crippen LogP contribution in [0.1, 0.15) is 51.9 Å². The largest absolute Gasteiger partial charge is 0.389 e. The number of ether oxygens (including phenoxy) is 1. The second-order valence-corrected chi connectivity index (χ2v) is 5.11. The maximum Gasteiger partial charge on any atom is 0.0767 e. The molecule has 1 fully saturated rings. The maximum absolute atomic E-state index is 9.96. The fraction of sp³-hybridized carbons (Fsp3) is 1.00. The van der Waals surface area contributed by atoms with Gasteiger partial charge in [0.1, 0.15) is 0 Å². The van der Waals surface area contributed by atoms with E-state index in [1.807, 2.05) is 6.92 Å². The van der Waals surface area contributed by atoms with E-state index in [-0.39, 0.29) is 0 Å². The third kappa shape index (κ3) is 4.81. The SMILES string of the molecule is CCC(O)(CN)CCCOCC1CCCC1. The second-order valence-electron chi connectivity index (χ2n) is 5.11. The maximum atomic E-state index is 9.96. The van der Waals surface area contributed by atoms with Crippen molar-refractivity contribution in [3.05, 3.63) is 0 Å². The van der Waals surface area contributed by atoms with Crippen molar-refractivity contribution in [1.29, 1.82) is 0 Å². The smallest absolute Gasteiger partial charge is 0.0767 e. The van der Waals surface area contributed by atoms with Gasteiger partial charge >= 0.3 is 0 Å². The van der Waals surface area contributed by atoms with Crippen LogP contribution in [-0.2, 0) is 4.74 Å². The Balaban J connectivity index is 1.98. The molecule has 3 nitrogen and oxygen atoms in total. The molecular weight excluding hydrogens is 202 g/mol. The summed E-state index contributed by atoms with van der Waals surface area (Å²) < 4.78 is 5.65. The predicted molar refractivity (Wildman–Crippen MR) is 66.3 cm³/mol. The highest BCUT2D eigenvalue weighted by Crippen LogP contribution is 2.24. The van der Waals surface area contributed by atoms with E-state index in [0.29, 0.717) is 6.54 Å². The van der Waals surface area contributed by atoms with Crippen molar-refractivity contribution in [2.45, 2.75) is 57.5 Å². The van der Waals surface area contributed by atoms with Crippen molar-refractivity contribution in [2.24, 2.45) is 11.7 Å². The lowest BCUT2D eigenvalue weighted by Gasteiger charge is -2.24. The molecule has 0 aromatic heterocycles. The van der Waals surface area contributed by atoms with Crippen LogP contribution < -0.4 is 5.73 Å². The highest BCUT2D eigenvalue weighted by atomic mass is 16.5. The molecule has 0 aliphatic heterocycles. The van der Waals surface area contributed by atoms with E-state index < -0.39 is 5.60 Å². The molecule has 1 aliphatic rings. The van der Waals surface area contributed by atoms with Crippen molar-refractivity contribution in [3.63, 3.8) is 0 Å². The number of nitrogens with two attached hydrogens (primary N) is 1. The Morgan fingerprint density at radius 3 is 2.62 bits per heavy atom. The van der Waals surface area contributed by atoms with Crippen molar-refractivity contribution < 1.29 is 9.84 Å². The topological polar surface area (TPSA) is 55.5 Å². The van der Waals surface area contributed by atoms with Gasteiger partial charge in [-0.1, -0.05) is 19.8 Å². The van der Waals surface area contributed by atoms with E-state index in [9.17, 15) is 5.11 Å². The Morgan fingerprint density at radius 2 is 2.06 bits per heavy atom. The molecule has 16 heavy (non-hydrogen) atoms. The number of rotatable bonds is 8. The molecule has 0 heterocycles. The van der Waals surface area contributed by atoms with Crippen LogP contribution in [0.5, 0.6) is 0 Å². The van der Waals surface area contributed by atoms with Gasteiger partial charge in [0, 0.05) is 19.8 Å². The van der Waals surface area contributed by atoms with Gasteiger partial charge in [0.2, 0.25) is 0 Å². The van der Waals surface area contributed by atoms with Gasteiger partial charge in [-0.3, -0.25) is 0 Å². The highest BCUT2D eigenvalue weighted by molar-refractivity contribution is 4.77. The molecule has 96 valence electrons. The average molecular weight is 229 g/mol. The zero-order valence-electron chi connectivity index (χ0n) is 10.6. The van der Waals surface area contributed by atoms with Crippen LogP contribution in [0.2, 0.25) is 0 Å². The molecule has 0 bridgehead atoms. The van der Waals surface area contributed by atoms with Crippen molar-refractivity contribution in [3.8, 4) is 0 Å². The van der Waals surface area contributed by atoms with Crippen molar-refractivity contribution >= 4 is 0 Å². The van der Waals surface area contributed by atoms with Gasteiger partial charge in [-0.05, 0) is 38.0 Å². The minimum absolute atomic E-state index is 0.353. The van der Waals surface area contributed by atoms with Gasteiger partial charge in [-0.15, -0.1) is 0 Å². The second kappa shape index (κ2) is 7.25. The summed E-state index contributed by atoms with van der Waals surface area (Å²) in [6.07, 6.45) is 7.81. The molecule has 1 saturated carbocycles. The van der Waals surface area contributed by atoms with E-state index in [0.717, 1.165) is 38.4 Å². The quantitative estimate of drug-likeness (QED) is 0.626. The lowest BCUT2D eigenvalue weighted by atomic mass is 9.95. The monoisotopic (exact) mass is 229 g/mol. The third-order valence-corrected chi connectivity index (χ3v) is 3.80. The molecule has 0 saturated heterocycles. The fourth-order valence-electron chi connectivity index (χ4n) is 2.35. The molecule has 1 atom stereocenters. The number of hydrogen-bond acceptors (Lipinski definition) is 3. The zero-order chi connectivity index (χ0) is 11.9. The molecule has 3 heteroatoms. The van der Waals surface area contributed by atoms with E-state index >= 15 is 0 Å². The molecule has 3 N–H and O–H groups in total. The summed E-state index contributed by atoms with van der Waals surface area (Å²) in [6, 6.07) is 0. The molecule has 0 radical (unpaired) electrons. The van der Waals surface area contributed by atoms with Crippen LogP contribution in [0.15, 0.2) is 0 Å². The molecule has 0 spiro atoms. The molecule has 1 rings (SSSR count). The minimum atomic E-state index is -0.670.